The Hall–Kier alpha value is -1.39. The van der Waals surface area contributed by atoms with E-state index in [1.807, 2.05) is 13.0 Å². The summed E-state index contributed by atoms with van der Waals surface area (Å²) in [6.45, 7) is 8.27. The van der Waals surface area contributed by atoms with Gasteiger partial charge in [0.2, 0.25) is 5.91 Å². The van der Waals surface area contributed by atoms with Gasteiger partial charge in [0.15, 0.2) is 0 Å². The lowest BCUT2D eigenvalue weighted by molar-refractivity contribution is -0.134. The molecule has 0 aromatic heterocycles. The minimum absolute atomic E-state index is 0.185. The quantitative estimate of drug-likeness (QED) is 0.808. The SMILES string of the molecule is CCOC[C@H]1CCN(C(=O)[C@H]2CCN(Cc3ccccc3)C2)C1. The van der Waals surface area contributed by atoms with Crippen LogP contribution in [0.5, 0.6) is 0 Å². The summed E-state index contributed by atoms with van der Waals surface area (Å²) in [5, 5.41) is 0. The number of carbonyl (C=O) groups is 1. The van der Waals surface area contributed by atoms with Crippen LogP contribution in [0.15, 0.2) is 30.3 Å². The van der Waals surface area contributed by atoms with Gasteiger partial charge in [0.1, 0.15) is 0 Å². The van der Waals surface area contributed by atoms with Gasteiger partial charge in [-0.15, -0.1) is 0 Å². The molecule has 2 aliphatic heterocycles. The Morgan fingerprint density at radius 2 is 2.00 bits per heavy atom. The highest BCUT2D eigenvalue weighted by Gasteiger charge is 2.34. The number of hydrogen-bond donors (Lipinski definition) is 0. The van der Waals surface area contributed by atoms with Crippen molar-refractivity contribution >= 4 is 5.91 Å². The fourth-order valence-electron chi connectivity index (χ4n) is 3.73. The van der Waals surface area contributed by atoms with Crippen LogP contribution < -0.4 is 0 Å². The Morgan fingerprint density at radius 1 is 1.17 bits per heavy atom. The number of carbonyl (C=O) groups excluding carboxylic acids is 1. The van der Waals surface area contributed by atoms with Crippen molar-refractivity contribution in [2.24, 2.45) is 11.8 Å². The maximum Gasteiger partial charge on any atom is 0.227 e. The maximum atomic E-state index is 12.7. The molecule has 0 spiro atoms. The summed E-state index contributed by atoms with van der Waals surface area (Å²) >= 11 is 0. The van der Waals surface area contributed by atoms with E-state index in [0.29, 0.717) is 11.8 Å². The topological polar surface area (TPSA) is 32.8 Å². The molecular formula is C19H28N2O2. The van der Waals surface area contributed by atoms with Gasteiger partial charge in [-0.05, 0) is 31.9 Å². The lowest BCUT2D eigenvalue weighted by Crippen LogP contribution is -2.36. The van der Waals surface area contributed by atoms with Gasteiger partial charge in [0.25, 0.3) is 0 Å². The summed E-state index contributed by atoms with van der Waals surface area (Å²) in [5.41, 5.74) is 1.33. The summed E-state index contributed by atoms with van der Waals surface area (Å²) in [4.78, 5) is 17.2. The lowest BCUT2D eigenvalue weighted by atomic mass is 10.1. The molecule has 1 amide bonds. The smallest absolute Gasteiger partial charge is 0.227 e. The van der Waals surface area contributed by atoms with Gasteiger partial charge in [-0.2, -0.15) is 0 Å². The van der Waals surface area contributed by atoms with Crippen LogP contribution >= 0.6 is 0 Å². The molecule has 0 N–H and O–H groups in total. The molecule has 0 unspecified atom stereocenters. The first-order valence-electron chi connectivity index (χ1n) is 8.89. The van der Waals surface area contributed by atoms with Crippen molar-refractivity contribution in [3.8, 4) is 0 Å². The number of ether oxygens (including phenoxy) is 1. The highest BCUT2D eigenvalue weighted by atomic mass is 16.5. The van der Waals surface area contributed by atoms with Crippen molar-refractivity contribution in [2.75, 3.05) is 39.4 Å². The first kappa shape index (κ1) is 16.5. The average molecular weight is 316 g/mol. The van der Waals surface area contributed by atoms with Crippen molar-refractivity contribution in [1.29, 1.82) is 0 Å². The Morgan fingerprint density at radius 3 is 2.78 bits per heavy atom. The molecule has 126 valence electrons. The Balaban J connectivity index is 1.46. The van der Waals surface area contributed by atoms with Gasteiger partial charge in [-0.3, -0.25) is 9.69 Å². The van der Waals surface area contributed by atoms with Crippen molar-refractivity contribution in [2.45, 2.75) is 26.3 Å². The zero-order valence-corrected chi connectivity index (χ0v) is 14.1. The zero-order chi connectivity index (χ0) is 16.1. The van der Waals surface area contributed by atoms with Crippen LogP contribution in [0.4, 0.5) is 0 Å². The molecule has 2 aliphatic rings. The predicted molar refractivity (Wildman–Crippen MR) is 91.0 cm³/mol. The van der Waals surface area contributed by atoms with Gasteiger partial charge in [-0.1, -0.05) is 30.3 Å². The number of benzene rings is 1. The summed E-state index contributed by atoms with van der Waals surface area (Å²) in [5.74, 6) is 1.07. The third-order valence-corrected chi connectivity index (χ3v) is 5.03. The molecule has 23 heavy (non-hydrogen) atoms. The Kier molecular flexibility index (Phi) is 5.68. The second kappa shape index (κ2) is 7.93. The molecule has 4 heteroatoms. The molecule has 3 rings (SSSR count). The number of amides is 1. The third-order valence-electron chi connectivity index (χ3n) is 5.03. The van der Waals surface area contributed by atoms with Crippen LogP contribution in [0.2, 0.25) is 0 Å². The highest BCUT2D eigenvalue weighted by Crippen LogP contribution is 2.24. The van der Waals surface area contributed by atoms with Crippen LogP contribution in [0.25, 0.3) is 0 Å². The standard InChI is InChI=1S/C19H28N2O2/c1-2-23-15-17-8-11-21(13-17)19(22)18-9-10-20(14-18)12-16-6-4-3-5-7-16/h3-7,17-18H,2,8-15H2,1H3/t17-,18-/m0/s1. The molecule has 0 bridgehead atoms. The monoisotopic (exact) mass is 316 g/mol. The third kappa shape index (κ3) is 4.33. The van der Waals surface area contributed by atoms with E-state index in [0.717, 1.165) is 58.8 Å². The summed E-state index contributed by atoms with van der Waals surface area (Å²) in [7, 11) is 0. The van der Waals surface area contributed by atoms with E-state index in [1.54, 1.807) is 0 Å². The minimum atomic E-state index is 0.185. The highest BCUT2D eigenvalue weighted by molar-refractivity contribution is 5.79. The van der Waals surface area contributed by atoms with Crippen LogP contribution in [0.3, 0.4) is 0 Å². The maximum absolute atomic E-state index is 12.7. The molecule has 2 atom stereocenters. The molecule has 1 aromatic carbocycles. The van der Waals surface area contributed by atoms with Crippen molar-refractivity contribution in [3.63, 3.8) is 0 Å². The molecular weight excluding hydrogens is 288 g/mol. The van der Waals surface area contributed by atoms with Crippen molar-refractivity contribution < 1.29 is 9.53 Å². The van der Waals surface area contributed by atoms with E-state index in [4.69, 9.17) is 4.74 Å². The molecule has 0 radical (unpaired) electrons. The first-order chi connectivity index (χ1) is 11.3. The Labute approximate surface area is 139 Å². The predicted octanol–water partition coefficient (Wildman–Crippen LogP) is 2.39. The van der Waals surface area contributed by atoms with Gasteiger partial charge < -0.3 is 9.64 Å². The fraction of sp³-hybridized carbons (Fsp3) is 0.632. The Bertz CT molecular complexity index is 505. The number of nitrogens with zero attached hydrogens (tertiary/aromatic N) is 2. The van der Waals surface area contributed by atoms with E-state index < -0.39 is 0 Å². The van der Waals surface area contributed by atoms with E-state index in [2.05, 4.69) is 34.1 Å². The van der Waals surface area contributed by atoms with Crippen LogP contribution in [0, 0.1) is 11.8 Å². The van der Waals surface area contributed by atoms with Crippen LogP contribution in [0.1, 0.15) is 25.3 Å². The summed E-state index contributed by atoms with van der Waals surface area (Å²) < 4.78 is 5.51. The molecule has 2 fully saturated rings. The van der Waals surface area contributed by atoms with Gasteiger partial charge >= 0.3 is 0 Å². The number of hydrogen-bond acceptors (Lipinski definition) is 3. The second-order valence-corrected chi connectivity index (χ2v) is 6.80. The molecule has 0 saturated carbocycles. The molecule has 2 heterocycles. The van der Waals surface area contributed by atoms with Gasteiger partial charge in [-0.25, -0.2) is 0 Å². The number of rotatable bonds is 6. The van der Waals surface area contributed by atoms with E-state index in [1.165, 1.54) is 5.56 Å². The average Bonchev–Trinajstić information content (AvgIpc) is 3.23. The fourth-order valence-corrected chi connectivity index (χ4v) is 3.73. The lowest BCUT2D eigenvalue weighted by Gasteiger charge is -2.21. The second-order valence-electron chi connectivity index (χ2n) is 6.80. The molecule has 2 saturated heterocycles. The van der Waals surface area contributed by atoms with Crippen LogP contribution in [-0.2, 0) is 16.1 Å². The van der Waals surface area contributed by atoms with Gasteiger partial charge in [0, 0.05) is 38.7 Å². The molecule has 0 aliphatic carbocycles. The summed E-state index contributed by atoms with van der Waals surface area (Å²) in [6, 6.07) is 10.5. The van der Waals surface area contributed by atoms with E-state index in [9.17, 15) is 4.79 Å². The van der Waals surface area contributed by atoms with Crippen LogP contribution in [-0.4, -0.2) is 55.1 Å². The summed E-state index contributed by atoms with van der Waals surface area (Å²) in [6.07, 6.45) is 2.09. The zero-order valence-electron chi connectivity index (χ0n) is 14.1. The largest absolute Gasteiger partial charge is 0.381 e. The molecule has 4 nitrogen and oxygen atoms in total. The minimum Gasteiger partial charge on any atom is -0.381 e. The van der Waals surface area contributed by atoms with Crippen molar-refractivity contribution in [1.82, 2.24) is 9.80 Å². The normalized spacial score (nSPS) is 25.2. The van der Waals surface area contributed by atoms with Gasteiger partial charge in [0.05, 0.1) is 12.5 Å². The first-order valence-corrected chi connectivity index (χ1v) is 8.89. The molecule has 1 aromatic rings. The van der Waals surface area contributed by atoms with E-state index >= 15 is 0 Å². The number of likely N-dealkylation sites (tertiary alicyclic amines) is 2. The van der Waals surface area contributed by atoms with E-state index in [-0.39, 0.29) is 5.92 Å². The van der Waals surface area contributed by atoms with Crippen molar-refractivity contribution in [3.05, 3.63) is 35.9 Å².